The third-order valence-electron chi connectivity index (χ3n) is 2.12. The Morgan fingerprint density at radius 1 is 1.43 bits per heavy atom. The van der Waals surface area contributed by atoms with Crippen LogP contribution in [0.3, 0.4) is 0 Å². The summed E-state index contributed by atoms with van der Waals surface area (Å²) in [6.45, 7) is 1.47. The van der Waals surface area contributed by atoms with E-state index < -0.39 is 23.8 Å². The first-order valence-corrected chi connectivity index (χ1v) is 4.19. The fourth-order valence-corrected chi connectivity index (χ4v) is 1.23. The lowest BCUT2D eigenvalue weighted by Gasteiger charge is -2.15. The Balaban J connectivity index is 2.94. The maximum atomic E-state index is 13.2. The van der Waals surface area contributed by atoms with E-state index in [9.17, 15) is 14.3 Å². The molecule has 2 N–H and O–H groups in total. The minimum atomic E-state index is -1.58. The molecule has 0 heterocycles. The lowest BCUT2D eigenvalue weighted by molar-refractivity contribution is -0.147. The molecular formula is C10H11FO3. The highest BCUT2D eigenvalue weighted by Gasteiger charge is 2.24. The Bertz CT molecular complexity index is 338. The van der Waals surface area contributed by atoms with E-state index in [4.69, 9.17) is 5.11 Å². The molecule has 14 heavy (non-hydrogen) atoms. The second kappa shape index (κ2) is 4.19. The highest BCUT2D eigenvalue weighted by molar-refractivity contribution is 5.73. The fraction of sp³-hybridized carbons (Fsp3) is 0.300. The van der Waals surface area contributed by atoms with Crippen LogP contribution >= 0.6 is 0 Å². The molecule has 0 aromatic heterocycles. The lowest BCUT2D eigenvalue weighted by Crippen LogP contribution is -2.26. The van der Waals surface area contributed by atoms with Gasteiger partial charge < -0.3 is 10.2 Å². The van der Waals surface area contributed by atoms with Crippen molar-refractivity contribution in [1.29, 1.82) is 0 Å². The van der Waals surface area contributed by atoms with Crippen molar-refractivity contribution >= 4 is 5.97 Å². The molecule has 0 bridgehead atoms. The van der Waals surface area contributed by atoms with Crippen LogP contribution in [0.1, 0.15) is 18.4 Å². The molecule has 1 aromatic carbocycles. The molecule has 0 aliphatic rings. The number of rotatable bonds is 3. The largest absolute Gasteiger partial charge is 0.479 e. The molecule has 0 saturated heterocycles. The molecule has 4 heteroatoms. The van der Waals surface area contributed by atoms with Crippen LogP contribution in [0.5, 0.6) is 0 Å². The summed E-state index contributed by atoms with van der Waals surface area (Å²) in [5.41, 5.74) is 0.211. The molecule has 0 amide bonds. The molecule has 1 aromatic rings. The first-order chi connectivity index (χ1) is 6.54. The number of aliphatic carboxylic acids is 1. The number of hydrogen-bond acceptors (Lipinski definition) is 2. The SMILES string of the molecule is C[C@@H](c1ccccc1F)[C@H](O)C(=O)O. The number of halogens is 1. The number of aliphatic hydroxyl groups is 1. The Labute approximate surface area is 80.8 Å². The van der Waals surface area contributed by atoms with Crippen molar-refractivity contribution in [2.24, 2.45) is 0 Å². The summed E-state index contributed by atoms with van der Waals surface area (Å²) in [5.74, 6) is -2.60. The van der Waals surface area contributed by atoms with Gasteiger partial charge in [-0.2, -0.15) is 0 Å². The van der Waals surface area contributed by atoms with E-state index in [1.165, 1.54) is 25.1 Å². The van der Waals surface area contributed by atoms with Gasteiger partial charge in [0.25, 0.3) is 0 Å². The van der Waals surface area contributed by atoms with Gasteiger partial charge in [-0.1, -0.05) is 25.1 Å². The molecule has 0 radical (unpaired) electrons. The van der Waals surface area contributed by atoms with E-state index in [-0.39, 0.29) is 5.56 Å². The number of carboxylic acids is 1. The normalized spacial score (nSPS) is 14.8. The van der Waals surface area contributed by atoms with Crippen LogP contribution in [0.4, 0.5) is 4.39 Å². The smallest absolute Gasteiger partial charge is 0.333 e. The van der Waals surface area contributed by atoms with Gasteiger partial charge in [0.05, 0.1) is 0 Å². The van der Waals surface area contributed by atoms with E-state index in [2.05, 4.69) is 0 Å². The summed E-state index contributed by atoms with van der Waals surface area (Å²) in [7, 11) is 0. The third-order valence-corrected chi connectivity index (χ3v) is 2.12. The van der Waals surface area contributed by atoms with Gasteiger partial charge in [-0.15, -0.1) is 0 Å². The van der Waals surface area contributed by atoms with Crippen LogP contribution in [0.2, 0.25) is 0 Å². The van der Waals surface area contributed by atoms with Crippen LogP contribution in [-0.4, -0.2) is 22.3 Å². The van der Waals surface area contributed by atoms with E-state index in [0.29, 0.717) is 0 Å². The topological polar surface area (TPSA) is 57.5 Å². The summed E-state index contributed by atoms with van der Waals surface area (Å²) in [5, 5.41) is 17.7. The van der Waals surface area contributed by atoms with Crippen LogP contribution < -0.4 is 0 Å². The first-order valence-electron chi connectivity index (χ1n) is 4.19. The minimum Gasteiger partial charge on any atom is -0.479 e. The standard InChI is InChI=1S/C10H11FO3/c1-6(9(12)10(13)14)7-4-2-3-5-8(7)11/h2-6,9,12H,1H3,(H,13,14)/t6-,9-/m0/s1. The molecule has 0 unspecified atom stereocenters. The number of benzene rings is 1. The molecule has 3 nitrogen and oxygen atoms in total. The van der Waals surface area contributed by atoms with Crippen LogP contribution in [-0.2, 0) is 4.79 Å². The lowest BCUT2D eigenvalue weighted by atomic mass is 9.95. The molecular weight excluding hydrogens is 187 g/mol. The highest BCUT2D eigenvalue weighted by Crippen LogP contribution is 2.21. The number of hydrogen-bond donors (Lipinski definition) is 2. The zero-order chi connectivity index (χ0) is 10.7. The fourth-order valence-electron chi connectivity index (χ4n) is 1.23. The Kier molecular flexibility index (Phi) is 3.19. The van der Waals surface area contributed by atoms with Crippen molar-refractivity contribution in [1.82, 2.24) is 0 Å². The molecule has 2 atom stereocenters. The Morgan fingerprint density at radius 2 is 2.00 bits per heavy atom. The molecule has 0 aliphatic heterocycles. The van der Waals surface area contributed by atoms with Gasteiger partial charge >= 0.3 is 5.97 Å². The van der Waals surface area contributed by atoms with Gasteiger partial charge in [0, 0.05) is 5.92 Å². The summed E-state index contributed by atoms with van der Waals surface area (Å²) >= 11 is 0. The van der Waals surface area contributed by atoms with E-state index >= 15 is 0 Å². The summed E-state index contributed by atoms with van der Waals surface area (Å²) < 4.78 is 13.2. The van der Waals surface area contributed by atoms with Crippen LogP contribution in [0.25, 0.3) is 0 Å². The van der Waals surface area contributed by atoms with Crippen molar-refractivity contribution in [3.05, 3.63) is 35.6 Å². The maximum Gasteiger partial charge on any atom is 0.333 e. The van der Waals surface area contributed by atoms with Gasteiger partial charge in [-0.05, 0) is 11.6 Å². The van der Waals surface area contributed by atoms with Crippen molar-refractivity contribution in [3.63, 3.8) is 0 Å². The second-order valence-corrected chi connectivity index (χ2v) is 3.09. The average molecular weight is 198 g/mol. The van der Waals surface area contributed by atoms with Crippen molar-refractivity contribution < 1.29 is 19.4 Å². The van der Waals surface area contributed by atoms with Gasteiger partial charge in [0.1, 0.15) is 5.82 Å². The zero-order valence-corrected chi connectivity index (χ0v) is 7.64. The van der Waals surface area contributed by atoms with Crippen molar-refractivity contribution in [2.45, 2.75) is 18.9 Å². The maximum absolute atomic E-state index is 13.2. The van der Waals surface area contributed by atoms with Crippen molar-refractivity contribution in [2.75, 3.05) is 0 Å². The van der Waals surface area contributed by atoms with Crippen LogP contribution in [0.15, 0.2) is 24.3 Å². The molecule has 1 rings (SSSR count). The molecule has 76 valence electrons. The number of carbonyl (C=O) groups is 1. The van der Waals surface area contributed by atoms with Gasteiger partial charge in [0.2, 0.25) is 0 Å². The van der Waals surface area contributed by atoms with E-state index in [1.54, 1.807) is 6.07 Å². The summed E-state index contributed by atoms with van der Waals surface area (Å²) in [6, 6.07) is 5.81. The van der Waals surface area contributed by atoms with Crippen LogP contribution in [0, 0.1) is 5.82 Å². The predicted molar refractivity (Wildman–Crippen MR) is 48.5 cm³/mol. The summed E-state index contributed by atoms with van der Waals surface area (Å²) in [6.07, 6.45) is -1.58. The molecule has 0 aliphatic carbocycles. The average Bonchev–Trinajstić information content (AvgIpc) is 2.16. The summed E-state index contributed by atoms with van der Waals surface area (Å²) in [4.78, 5) is 10.5. The van der Waals surface area contributed by atoms with Crippen molar-refractivity contribution in [3.8, 4) is 0 Å². The molecule has 0 saturated carbocycles. The Morgan fingerprint density at radius 3 is 2.50 bits per heavy atom. The molecule has 0 fully saturated rings. The Hall–Kier alpha value is -1.42. The number of aliphatic hydroxyl groups excluding tert-OH is 1. The van der Waals surface area contributed by atoms with Gasteiger partial charge in [-0.3, -0.25) is 0 Å². The van der Waals surface area contributed by atoms with Gasteiger partial charge in [0.15, 0.2) is 6.10 Å². The second-order valence-electron chi connectivity index (χ2n) is 3.09. The van der Waals surface area contributed by atoms with E-state index in [1.807, 2.05) is 0 Å². The zero-order valence-electron chi connectivity index (χ0n) is 7.64. The number of carboxylic acid groups (broad SMARTS) is 1. The monoisotopic (exact) mass is 198 g/mol. The first kappa shape index (κ1) is 10.7. The third kappa shape index (κ3) is 2.09. The minimum absolute atomic E-state index is 0.211. The highest BCUT2D eigenvalue weighted by atomic mass is 19.1. The van der Waals surface area contributed by atoms with Gasteiger partial charge in [-0.25, -0.2) is 9.18 Å². The predicted octanol–water partition coefficient (Wildman–Crippen LogP) is 1.37. The molecule has 0 spiro atoms. The quantitative estimate of drug-likeness (QED) is 0.771. The van der Waals surface area contributed by atoms with E-state index in [0.717, 1.165) is 0 Å².